The predicted octanol–water partition coefficient (Wildman–Crippen LogP) is 3.76. The van der Waals surface area contributed by atoms with Gasteiger partial charge in [0.05, 0.1) is 0 Å². The van der Waals surface area contributed by atoms with Crippen LogP contribution in [0, 0.1) is 5.82 Å². The molecule has 0 aromatic heterocycles. The molecular weight excluding hydrogens is 348 g/mol. The average molecular weight is 359 g/mol. The van der Waals surface area contributed by atoms with Gasteiger partial charge in [0, 0.05) is 21.3 Å². The first-order valence-electron chi connectivity index (χ1n) is 6.52. The molecule has 5 nitrogen and oxygen atoms in total. The number of aliphatic carboxylic acids is 1. The van der Waals surface area contributed by atoms with E-state index >= 15 is 0 Å². The highest BCUT2D eigenvalue weighted by atomic mass is 31.1. The Kier molecular flexibility index (Phi) is 5.33. The van der Waals surface area contributed by atoms with Crippen LogP contribution in [0.3, 0.4) is 0 Å². The van der Waals surface area contributed by atoms with Crippen molar-refractivity contribution in [3.8, 4) is 0 Å². The lowest BCUT2D eigenvalue weighted by atomic mass is 9.83. The van der Waals surface area contributed by atoms with E-state index < -0.39 is 43.2 Å². The van der Waals surface area contributed by atoms with Crippen LogP contribution in [-0.4, -0.2) is 16.0 Å². The molecule has 2 aromatic rings. The third-order valence-corrected chi connectivity index (χ3v) is 3.76. The summed E-state index contributed by atoms with van der Waals surface area (Å²) in [5.41, 5.74) is -5.14. The molecule has 2 unspecified atom stereocenters. The Labute approximate surface area is 135 Å². The molecule has 0 radical (unpaired) electrons. The second-order valence-corrected chi connectivity index (χ2v) is 5.34. The Morgan fingerprint density at radius 1 is 1.12 bits per heavy atom. The number of carboxylic acids is 1. The Bertz CT molecular complexity index is 769. The largest absolute Gasteiger partial charge is 0.696 e. The van der Waals surface area contributed by atoms with Gasteiger partial charge < -0.3 is 5.11 Å². The third kappa shape index (κ3) is 3.17. The van der Waals surface area contributed by atoms with Gasteiger partial charge in [0.2, 0.25) is 0 Å². The molecule has 0 saturated heterocycles. The molecular formula is C15H11F3O5P+. The zero-order valence-electron chi connectivity index (χ0n) is 11.9. The zero-order chi connectivity index (χ0) is 17.9. The number of hydrogen-bond acceptors (Lipinski definition) is 3. The fraction of sp³-hybridized carbons (Fsp3) is 0.133. The average Bonchev–Trinajstić information content (AvgIpc) is 2.53. The summed E-state index contributed by atoms with van der Waals surface area (Å²) in [6.45, 7) is 0. The maximum atomic E-state index is 14.3. The van der Waals surface area contributed by atoms with Gasteiger partial charge >= 0.3 is 14.2 Å². The monoisotopic (exact) mass is 359 g/mol. The van der Waals surface area contributed by atoms with Crippen LogP contribution in [0.5, 0.6) is 0 Å². The first kappa shape index (κ1) is 18.1. The minimum atomic E-state index is -3.55. The molecule has 0 amide bonds. The van der Waals surface area contributed by atoms with Crippen molar-refractivity contribution in [2.45, 2.75) is 12.0 Å². The van der Waals surface area contributed by atoms with Gasteiger partial charge in [0.1, 0.15) is 5.82 Å². The molecule has 0 heterocycles. The lowest BCUT2D eigenvalue weighted by Gasteiger charge is -2.26. The molecule has 0 saturated carbocycles. The van der Waals surface area contributed by atoms with Crippen molar-refractivity contribution < 1.29 is 37.1 Å². The molecule has 0 aliphatic heterocycles. The van der Waals surface area contributed by atoms with E-state index in [-0.39, 0.29) is 5.56 Å². The van der Waals surface area contributed by atoms with Crippen molar-refractivity contribution in [1.82, 2.24) is 0 Å². The zero-order valence-corrected chi connectivity index (χ0v) is 12.8. The van der Waals surface area contributed by atoms with Crippen LogP contribution in [0.1, 0.15) is 23.1 Å². The first-order chi connectivity index (χ1) is 11.3. The van der Waals surface area contributed by atoms with E-state index in [9.17, 15) is 27.6 Å². The normalized spacial score (nSPS) is 14.3. The molecule has 2 atom stereocenters. The number of halogens is 3. The van der Waals surface area contributed by atoms with Gasteiger partial charge in [-0.2, -0.15) is 0 Å². The van der Waals surface area contributed by atoms with Gasteiger partial charge in [-0.1, -0.05) is 47.0 Å². The smallest absolute Gasteiger partial charge is 0.478 e. The Morgan fingerprint density at radius 3 is 2.25 bits per heavy atom. The first-order valence-corrected chi connectivity index (χ1v) is 7.65. The van der Waals surface area contributed by atoms with Gasteiger partial charge in [-0.3, -0.25) is 0 Å². The Hall–Kier alpha value is -2.28. The highest BCUT2D eigenvalue weighted by Gasteiger charge is 2.54. The van der Waals surface area contributed by atoms with E-state index in [0.717, 1.165) is 18.2 Å². The summed E-state index contributed by atoms with van der Waals surface area (Å²) >= 11 is 0. The quantitative estimate of drug-likeness (QED) is 0.768. The van der Waals surface area contributed by atoms with Crippen molar-refractivity contribution >= 4 is 14.2 Å². The highest BCUT2D eigenvalue weighted by Crippen LogP contribution is 2.45. The van der Waals surface area contributed by atoms with Crippen molar-refractivity contribution in [3.63, 3.8) is 0 Å². The number of rotatable bonds is 6. The Balaban J connectivity index is 2.91. The van der Waals surface area contributed by atoms with Crippen LogP contribution >= 0.6 is 8.25 Å². The number of hydrogen-bond donors (Lipinski definition) is 2. The van der Waals surface area contributed by atoms with Crippen LogP contribution in [0.4, 0.5) is 13.2 Å². The van der Waals surface area contributed by atoms with Gasteiger partial charge in [0.15, 0.2) is 0 Å². The number of carbonyl (C=O) groups is 1. The summed E-state index contributed by atoms with van der Waals surface area (Å²) in [5.74, 6) is -3.20. The molecule has 0 fully saturated rings. The maximum absolute atomic E-state index is 14.3. The van der Waals surface area contributed by atoms with Gasteiger partial charge in [-0.15, -0.1) is 4.89 Å². The van der Waals surface area contributed by atoms with Gasteiger partial charge in [0.25, 0.3) is 12.0 Å². The fourth-order valence-electron chi connectivity index (χ4n) is 2.40. The van der Waals surface area contributed by atoms with Crippen molar-refractivity contribution in [3.05, 3.63) is 71.0 Å². The minimum Gasteiger partial charge on any atom is -0.478 e. The molecule has 0 aliphatic rings. The maximum Gasteiger partial charge on any atom is 0.696 e. The van der Waals surface area contributed by atoms with Crippen LogP contribution in [0.15, 0.2) is 48.5 Å². The Morgan fingerprint density at radius 2 is 1.75 bits per heavy atom. The highest BCUT2D eigenvalue weighted by molar-refractivity contribution is 7.32. The molecule has 0 aliphatic carbocycles. The SMILES string of the molecule is O=C(O)C(O[P+](=O)O)(c1ccccc1)c1c(F)cccc1C(F)F. The number of carboxylic acid groups (broad SMARTS) is 1. The minimum absolute atomic E-state index is 0.276. The molecule has 126 valence electrons. The summed E-state index contributed by atoms with van der Waals surface area (Å²) in [6.07, 6.45) is -3.22. The topological polar surface area (TPSA) is 83.8 Å². The van der Waals surface area contributed by atoms with E-state index in [0.29, 0.717) is 0 Å². The molecule has 0 spiro atoms. The second kappa shape index (κ2) is 7.09. The number of benzene rings is 2. The van der Waals surface area contributed by atoms with E-state index in [1.165, 1.54) is 30.3 Å². The van der Waals surface area contributed by atoms with Crippen molar-refractivity contribution in [1.29, 1.82) is 0 Å². The predicted molar refractivity (Wildman–Crippen MR) is 77.1 cm³/mol. The van der Waals surface area contributed by atoms with Gasteiger partial charge in [-0.05, 0) is 6.07 Å². The lowest BCUT2D eigenvalue weighted by Crippen LogP contribution is -2.40. The second-order valence-electron chi connectivity index (χ2n) is 4.69. The standard InChI is InChI=1S/C15H10F3O5P/c16-11-8-4-7-10(13(17)18)12(11)15(14(19)20,23-24(21)22)9-5-2-1-3-6-9/h1-8,13H,(H-,19,20,21,22)/p+1. The lowest BCUT2D eigenvalue weighted by molar-refractivity contribution is -0.153. The summed E-state index contributed by atoms with van der Waals surface area (Å²) < 4.78 is 56.8. The van der Waals surface area contributed by atoms with E-state index in [1.54, 1.807) is 0 Å². The summed E-state index contributed by atoms with van der Waals surface area (Å²) in [5, 5.41) is 9.63. The number of alkyl halides is 2. The van der Waals surface area contributed by atoms with Gasteiger partial charge in [-0.25, -0.2) is 18.0 Å². The molecule has 24 heavy (non-hydrogen) atoms. The van der Waals surface area contributed by atoms with Crippen LogP contribution in [0.25, 0.3) is 0 Å². The third-order valence-electron chi connectivity index (χ3n) is 3.33. The van der Waals surface area contributed by atoms with E-state index in [1.807, 2.05) is 0 Å². The molecule has 2 aromatic carbocycles. The van der Waals surface area contributed by atoms with Crippen LogP contribution in [-0.2, 0) is 19.5 Å². The van der Waals surface area contributed by atoms with Crippen LogP contribution < -0.4 is 0 Å². The fourth-order valence-corrected chi connectivity index (χ4v) is 2.91. The van der Waals surface area contributed by atoms with E-state index in [2.05, 4.69) is 4.52 Å². The summed E-state index contributed by atoms with van der Waals surface area (Å²) in [6, 6.07) is 9.17. The van der Waals surface area contributed by atoms with E-state index in [4.69, 9.17) is 4.89 Å². The van der Waals surface area contributed by atoms with Crippen LogP contribution in [0.2, 0.25) is 0 Å². The molecule has 2 rings (SSSR count). The van der Waals surface area contributed by atoms with Crippen molar-refractivity contribution in [2.24, 2.45) is 0 Å². The summed E-state index contributed by atoms with van der Waals surface area (Å²) in [4.78, 5) is 21.0. The molecule has 2 N–H and O–H groups in total. The summed E-state index contributed by atoms with van der Waals surface area (Å²) in [7, 11) is -3.55. The van der Waals surface area contributed by atoms with Crippen molar-refractivity contribution in [2.75, 3.05) is 0 Å². The molecule has 0 bridgehead atoms. The molecule has 9 heteroatoms.